The van der Waals surface area contributed by atoms with E-state index < -0.39 is 0 Å². The monoisotopic (exact) mass is 234 g/mol. The van der Waals surface area contributed by atoms with Crippen LogP contribution in [0.3, 0.4) is 0 Å². The SMILES string of the molecule is Cn1cc(CN2CCCC23CCNCC3)cn1. The minimum absolute atomic E-state index is 0.487. The van der Waals surface area contributed by atoms with Crippen LogP contribution in [0.1, 0.15) is 31.2 Å². The van der Waals surface area contributed by atoms with Crippen molar-refractivity contribution in [3.8, 4) is 0 Å². The van der Waals surface area contributed by atoms with E-state index >= 15 is 0 Å². The zero-order valence-electron chi connectivity index (χ0n) is 10.7. The molecule has 17 heavy (non-hydrogen) atoms. The number of aromatic nitrogens is 2. The molecule has 0 aliphatic carbocycles. The molecule has 2 fully saturated rings. The number of hydrogen-bond donors (Lipinski definition) is 1. The Morgan fingerprint density at radius 2 is 2.18 bits per heavy atom. The molecule has 0 radical (unpaired) electrons. The van der Waals surface area contributed by atoms with Gasteiger partial charge in [-0.3, -0.25) is 9.58 Å². The summed E-state index contributed by atoms with van der Waals surface area (Å²) in [5.74, 6) is 0. The molecule has 3 rings (SSSR count). The Kier molecular flexibility index (Phi) is 2.92. The number of nitrogens with zero attached hydrogens (tertiary/aromatic N) is 3. The van der Waals surface area contributed by atoms with E-state index in [2.05, 4.69) is 21.5 Å². The van der Waals surface area contributed by atoms with Gasteiger partial charge in [0.15, 0.2) is 0 Å². The Balaban J connectivity index is 1.73. The van der Waals surface area contributed by atoms with Crippen LogP contribution in [-0.4, -0.2) is 39.9 Å². The standard InChI is InChI=1S/C13H22N4/c1-16-10-12(9-15-16)11-17-8-2-3-13(17)4-6-14-7-5-13/h9-10,14H,2-8,11H2,1H3. The van der Waals surface area contributed by atoms with Crippen molar-refractivity contribution in [3.05, 3.63) is 18.0 Å². The van der Waals surface area contributed by atoms with Gasteiger partial charge in [-0.2, -0.15) is 5.10 Å². The second kappa shape index (κ2) is 4.42. The minimum Gasteiger partial charge on any atom is -0.317 e. The van der Waals surface area contributed by atoms with E-state index in [1.54, 1.807) is 0 Å². The van der Waals surface area contributed by atoms with Crippen molar-refractivity contribution in [2.45, 2.75) is 37.8 Å². The molecule has 2 aliphatic heterocycles. The summed E-state index contributed by atoms with van der Waals surface area (Å²) in [6.45, 7) is 4.70. The predicted octanol–water partition coefficient (Wildman–Crippen LogP) is 1.14. The number of likely N-dealkylation sites (tertiary alicyclic amines) is 1. The molecule has 0 atom stereocenters. The van der Waals surface area contributed by atoms with Crippen LogP contribution >= 0.6 is 0 Å². The van der Waals surface area contributed by atoms with Gasteiger partial charge >= 0.3 is 0 Å². The molecule has 1 aromatic heterocycles. The van der Waals surface area contributed by atoms with Crippen LogP contribution in [0.15, 0.2) is 12.4 Å². The van der Waals surface area contributed by atoms with Gasteiger partial charge in [0.25, 0.3) is 0 Å². The molecule has 0 amide bonds. The average molecular weight is 234 g/mol. The van der Waals surface area contributed by atoms with Crippen molar-refractivity contribution in [2.24, 2.45) is 7.05 Å². The first-order valence-corrected chi connectivity index (χ1v) is 6.72. The lowest BCUT2D eigenvalue weighted by Crippen LogP contribution is -2.50. The molecule has 0 unspecified atom stereocenters. The highest BCUT2D eigenvalue weighted by Crippen LogP contribution is 2.37. The number of piperidine rings is 1. The topological polar surface area (TPSA) is 33.1 Å². The molecule has 2 saturated heterocycles. The zero-order valence-corrected chi connectivity index (χ0v) is 10.7. The van der Waals surface area contributed by atoms with Gasteiger partial charge in [-0.05, 0) is 45.3 Å². The fraction of sp³-hybridized carbons (Fsp3) is 0.769. The summed E-state index contributed by atoms with van der Waals surface area (Å²) in [7, 11) is 1.99. The Hall–Kier alpha value is -0.870. The quantitative estimate of drug-likeness (QED) is 0.833. The van der Waals surface area contributed by atoms with Gasteiger partial charge in [0.2, 0.25) is 0 Å². The molecular weight excluding hydrogens is 212 g/mol. The minimum atomic E-state index is 0.487. The van der Waals surface area contributed by atoms with Gasteiger partial charge in [0, 0.05) is 30.9 Å². The third kappa shape index (κ3) is 2.11. The molecule has 2 aliphatic rings. The number of nitrogens with one attached hydrogen (secondary N) is 1. The van der Waals surface area contributed by atoms with Crippen molar-refractivity contribution in [1.82, 2.24) is 20.0 Å². The summed E-state index contributed by atoms with van der Waals surface area (Å²) in [5, 5.41) is 7.75. The number of aryl methyl sites for hydroxylation is 1. The first-order valence-electron chi connectivity index (χ1n) is 6.72. The van der Waals surface area contributed by atoms with E-state index in [0.29, 0.717) is 5.54 Å². The molecule has 1 N–H and O–H groups in total. The highest BCUT2D eigenvalue weighted by molar-refractivity contribution is 5.07. The summed E-state index contributed by atoms with van der Waals surface area (Å²) >= 11 is 0. The largest absolute Gasteiger partial charge is 0.317 e. The maximum atomic E-state index is 4.27. The van der Waals surface area contributed by atoms with E-state index in [0.717, 1.165) is 6.54 Å². The summed E-state index contributed by atoms with van der Waals surface area (Å²) in [6.07, 6.45) is 9.52. The van der Waals surface area contributed by atoms with Crippen LogP contribution in [0.5, 0.6) is 0 Å². The van der Waals surface area contributed by atoms with E-state index in [9.17, 15) is 0 Å². The lowest BCUT2D eigenvalue weighted by molar-refractivity contribution is 0.0928. The molecule has 3 heterocycles. The molecular formula is C13H22N4. The van der Waals surface area contributed by atoms with Crippen LogP contribution in [0.25, 0.3) is 0 Å². The first kappa shape index (κ1) is 11.2. The zero-order chi connectivity index (χ0) is 11.7. The predicted molar refractivity (Wildman–Crippen MR) is 67.7 cm³/mol. The molecule has 94 valence electrons. The highest BCUT2D eigenvalue weighted by Gasteiger charge is 2.41. The summed E-state index contributed by atoms with van der Waals surface area (Å²) in [6, 6.07) is 0. The third-order valence-corrected chi connectivity index (χ3v) is 4.41. The van der Waals surface area contributed by atoms with E-state index in [1.165, 1.54) is 50.9 Å². The normalized spacial score (nSPS) is 24.5. The van der Waals surface area contributed by atoms with Gasteiger partial charge in [0.05, 0.1) is 6.20 Å². The molecule has 4 heteroatoms. The van der Waals surface area contributed by atoms with Crippen molar-refractivity contribution >= 4 is 0 Å². The lowest BCUT2D eigenvalue weighted by atomic mass is 9.85. The van der Waals surface area contributed by atoms with Gasteiger partial charge in [-0.25, -0.2) is 0 Å². The summed E-state index contributed by atoms with van der Waals surface area (Å²) < 4.78 is 1.90. The Labute approximate surface area is 103 Å². The first-order chi connectivity index (χ1) is 8.28. The van der Waals surface area contributed by atoms with Crippen molar-refractivity contribution in [2.75, 3.05) is 19.6 Å². The van der Waals surface area contributed by atoms with Gasteiger partial charge in [0.1, 0.15) is 0 Å². The maximum Gasteiger partial charge on any atom is 0.0534 e. The van der Waals surface area contributed by atoms with Gasteiger partial charge in [-0.1, -0.05) is 0 Å². The second-order valence-electron chi connectivity index (χ2n) is 5.52. The van der Waals surface area contributed by atoms with Crippen LogP contribution in [0, 0.1) is 0 Å². The van der Waals surface area contributed by atoms with E-state index in [-0.39, 0.29) is 0 Å². The highest BCUT2D eigenvalue weighted by atomic mass is 15.3. The van der Waals surface area contributed by atoms with Crippen LogP contribution < -0.4 is 5.32 Å². The average Bonchev–Trinajstić information content (AvgIpc) is 2.90. The Morgan fingerprint density at radius 3 is 2.88 bits per heavy atom. The van der Waals surface area contributed by atoms with E-state index in [4.69, 9.17) is 0 Å². The molecule has 1 aromatic rings. The Morgan fingerprint density at radius 1 is 1.35 bits per heavy atom. The number of hydrogen-bond acceptors (Lipinski definition) is 3. The fourth-order valence-corrected chi connectivity index (χ4v) is 3.47. The van der Waals surface area contributed by atoms with Crippen molar-refractivity contribution < 1.29 is 0 Å². The molecule has 0 aromatic carbocycles. The van der Waals surface area contributed by atoms with Gasteiger partial charge in [-0.15, -0.1) is 0 Å². The van der Waals surface area contributed by atoms with Crippen molar-refractivity contribution in [1.29, 1.82) is 0 Å². The summed E-state index contributed by atoms with van der Waals surface area (Å²) in [5.41, 5.74) is 1.84. The molecule has 1 spiro atoms. The molecule has 0 saturated carbocycles. The Bertz CT molecular complexity index is 379. The van der Waals surface area contributed by atoms with Crippen molar-refractivity contribution in [3.63, 3.8) is 0 Å². The molecule has 4 nitrogen and oxygen atoms in total. The fourth-order valence-electron chi connectivity index (χ4n) is 3.47. The smallest absolute Gasteiger partial charge is 0.0534 e. The second-order valence-corrected chi connectivity index (χ2v) is 5.52. The molecule has 0 bridgehead atoms. The lowest BCUT2D eigenvalue weighted by Gasteiger charge is -2.41. The third-order valence-electron chi connectivity index (χ3n) is 4.41. The van der Waals surface area contributed by atoms with Crippen LogP contribution in [0.4, 0.5) is 0 Å². The maximum absolute atomic E-state index is 4.27. The van der Waals surface area contributed by atoms with Crippen LogP contribution in [-0.2, 0) is 13.6 Å². The number of rotatable bonds is 2. The van der Waals surface area contributed by atoms with Gasteiger partial charge < -0.3 is 5.32 Å². The summed E-state index contributed by atoms with van der Waals surface area (Å²) in [4.78, 5) is 2.70. The van der Waals surface area contributed by atoms with E-state index in [1.807, 2.05) is 17.9 Å². The van der Waals surface area contributed by atoms with Crippen LogP contribution in [0.2, 0.25) is 0 Å².